The summed E-state index contributed by atoms with van der Waals surface area (Å²) in [5.74, 6) is 0.697. The third kappa shape index (κ3) is 3.94. The lowest BCUT2D eigenvalue weighted by Crippen LogP contribution is -2.25. The molecule has 0 spiro atoms. The second kappa shape index (κ2) is 6.89. The first-order valence-corrected chi connectivity index (χ1v) is 7.23. The number of carbonyl (C=O) groups excluding carboxylic acids is 1. The van der Waals surface area contributed by atoms with Crippen LogP contribution in [0.4, 0.5) is 17.5 Å². The van der Waals surface area contributed by atoms with Crippen molar-refractivity contribution >= 4 is 23.4 Å². The Morgan fingerprint density at radius 3 is 2.45 bits per heavy atom. The lowest BCUT2D eigenvalue weighted by Gasteiger charge is -2.19. The number of para-hydroxylation sites is 1. The topological polar surface area (TPSA) is 92.9 Å². The molecule has 1 amide bonds. The standard InChI is InChI=1S/C16H21N5O/c1-10(2)11(3)19-15-13(14(17)22)9-18-16(21-15)20-12-7-5-4-6-8-12/h4-11H,1-3H3,(H2,17,22)(H2,18,19,20,21)/t11-/m1/s1. The maximum atomic E-state index is 11.5. The summed E-state index contributed by atoms with van der Waals surface area (Å²) in [4.78, 5) is 20.0. The van der Waals surface area contributed by atoms with Crippen LogP contribution in [0, 0.1) is 5.92 Å². The van der Waals surface area contributed by atoms with Gasteiger partial charge in [-0.15, -0.1) is 0 Å². The molecule has 0 saturated carbocycles. The Labute approximate surface area is 130 Å². The molecule has 0 unspecified atom stereocenters. The minimum Gasteiger partial charge on any atom is -0.367 e. The van der Waals surface area contributed by atoms with Crippen LogP contribution in [0.2, 0.25) is 0 Å². The molecule has 116 valence electrons. The fourth-order valence-corrected chi connectivity index (χ4v) is 1.77. The second-order valence-corrected chi connectivity index (χ2v) is 5.49. The lowest BCUT2D eigenvalue weighted by molar-refractivity contribution is 0.100. The molecule has 2 rings (SSSR count). The Morgan fingerprint density at radius 1 is 1.18 bits per heavy atom. The zero-order valence-electron chi connectivity index (χ0n) is 13.0. The maximum Gasteiger partial charge on any atom is 0.254 e. The number of rotatable bonds is 6. The highest BCUT2D eigenvalue weighted by molar-refractivity contribution is 5.97. The summed E-state index contributed by atoms with van der Waals surface area (Å²) in [7, 11) is 0. The lowest BCUT2D eigenvalue weighted by atomic mass is 10.1. The van der Waals surface area contributed by atoms with Crippen molar-refractivity contribution in [3.8, 4) is 0 Å². The normalized spacial score (nSPS) is 12.0. The van der Waals surface area contributed by atoms with E-state index in [2.05, 4.69) is 34.4 Å². The number of carbonyl (C=O) groups is 1. The van der Waals surface area contributed by atoms with Gasteiger partial charge in [-0.3, -0.25) is 4.79 Å². The van der Waals surface area contributed by atoms with Crippen LogP contribution in [-0.2, 0) is 0 Å². The number of nitrogens with one attached hydrogen (secondary N) is 2. The fraction of sp³-hybridized carbons (Fsp3) is 0.312. The summed E-state index contributed by atoms with van der Waals surface area (Å²) in [6.45, 7) is 6.21. The molecule has 6 heteroatoms. The molecule has 6 nitrogen and oxygen atoms in total. The van der Waals surface area contributed by atoms with Gasteiger partial charge in [0.15, 0.2) is 0 Å². The van der Waals surface area contributed by atoms with Gasteiger partial charge >= 0.3 is 0 Å². The first-order valence-electron chi connectivity index (χ1n) is 7.23. The van der Waals surface area contributed by atoms with E-state index < -0.39 is 5.91 Å². The maximum absolute atomic E-state index is 11.5. The molecule has 0 aliphatic heterocycles. The Hall–Kier alpha value is -2.63. The quantitative estimate of drug-likeness (QED) is 0.762. The number of primary amides is 1. The van der Waals surface area contributed by atoms with E-state index in [4.69, 9.17) is 5.73 Å². The van der Waals surface area contributed by atoms with Gasteiger partial charge in [0.05, 0.1) is 5.56 Å². The van der Waals surface area contributed by atoms with Crippen molar-refractivity contribution in [2.24, 2.45) is 11.7 Å². The number of nitrogens with zero attached hydrogens (tertiary/aromatic N) is 2. The number of amides is 1. The number of nitrogens with two attached hydrogens (primary N) is 1. The predicted octanol–water partition coefficient (Wildman–Crippen LogP) is 2.78. The van der Waals surface area contributed by atoms with Crippen LogP contribution in [0.15, 0.2) is 36.5 Å². The minimum absolute atomic E-state index is 0.151. The highest BCUT2D eigenvalue weighted by Gasteiger charge is 2.15. The summed E-state index contributed by atoms with van der Waals surface area (Å²) < 4.78 is 0. The molecule has 0 radical (unpaired) electrons. The Bertz CT molecular complexity index is 642. The van der Waals surface area contributed by atoms with Gasteiger partial charge < -0.3 is 16.4 Å². The van der Waals surface area contributed by atoms with Gasteiger partial charge in [0.2, 0.25) is 5.95 Å². The van der Waals surface area contributed by atoms with Gasteiger partial charge in [0, 0.05) is 17.9 Å². The van der Waals surface area contributed by atoms with Crippen molar-refractivity contribution in [2.75, 3.05) is 10.6 Å². The average Bonchev–Trinajstić information content (AvgIpc) is 2.48. The molecule has 1 aromatic heterocycles. The molecule has 1 heterocycles. The van der Waals surface area contributed by atoms with Crippen LogP contribution < -0.4 is 16.4 Å². The van der Waals surface area contributed by atoms with Crippen molar-refractivity contribution < 1.29 is 4.79 Å². The van der Waals surface area contributed by atoms with Gasteiger partial charge in [0.25, 0.3) is 5.91 Å². The van der Waals surface area contributed by atoms with Gasteiger partial charge in [-0.05, 0) is 25.0 Å². The molecule has 2 aromatic rings. The van der Waals surface area contributed by atoms with Crippen molar-refractivity contribution in [3.05, 3.63) is 42.1 Å². The third-order valence-corrected chi connectivity index (χ3v) is 3.45. The molecule has 0 bridgehead atoms. The molecular formula is C16H21N5O. The molecule has 0 aliphatic rings. The summed E-state index contributed by atoms with van der Waals surface area (Å²) >= 11 is 0. The molecule has 1 atom stereocenters. The van der Waals surface area contributed by atoms with Crippen LogP contribution in [0.3, 0.4) is 0 Å². The highest BCUT2D eigenvalue weighted by atomic mass is 16.1. The van der Waals surface area contributed by atoms with Gasteiger partial charge in [-0.2, -0.15) is 4.98 Å². The number of aromatic nitrogens is 2. The van der Waals surface area contributed by atoms with Crippen LogP contribution in [0.1, 0.15) is 31.1 Å². The van der Waals surface area contributed by atoms with E-state index in [0.29, 0.717) is 17.7 Å². The third-order valence-electron chi connectivity index (χ3n) is 3.45. The minimum atomic E-state index is -0.551. The molecule has 22 heavy (non-hydrogen) atoms. The molecule has 4 N–H and O–H groups in total. The summed E-state index contributed by atoms with van der Waals surface area (Å²) in [6.07, 6.45) is 1.44. The van der Waals surface area contributed by atoms with Crippen LogP contribution >= 0.6 is 0 Å². The summed E-state index contributed by atoms with van der Waals surface area (Å²) in [5, 5.41) is 6.32. The van der Waals surface area contributed by atoms with E-state index in [1.54, 1.807) is 0 Å². The van der Waals surface area contributed by atoms with Crippen LogP contribution in [0.25, 0.3) is 0 Å². The first kappa shape index (κ1) is 15.8. The Morgan fingerprint density at radius 2 is 1.86 bits per heavy atom. The highest BCUT2D eigenvalue weighted by Crippen LogP contribution is 2.19. The van der Waals surface area contributed by atoms with E-state index in [-0.39, 0.29) is 11.6 Å². The largest absolute Gasteiger partial charge is 0.367 e. The monoisotopic (exact) mass is 299 g/mol. The summed E-state index contributed by atoms with van der Waals surface area (Å²) in [5.41, 5.74) is 6.55. The van der Waals surface area contributed by atoms with E-state index in [0.717, 1.165) is 5.69 Å². The fourth-order valence-electron chi connectivity index (χ4n) is 1.77. The Kier molecular flexibility index (Phi) is 4.93. The van der Waals surface area contributed by atoms with Gasteiger partial charge in [-0.1, -0.05) is 32.0 Å². The predicted molar refractivity (Wildman–Crippen MR) is 88.2 cm³/mol. The van der Waals surface area contributed by atoms with E-state index in [9.17, 15) is 4.79 Å². The van der Waals surface area contributed by atoms with E-state index in [1.165, 1.54) is 6.20 Å². The number of anilines is 3. The Balaban J connectivity index is 2.28. The van der Waals surface area contributed by atoms with E-state index in [1.807, 2.05) is 37.3 Å². The molecule has 0 aliphatic carbocycles. The summed E-state index contributed by atoms with van der Waals surface area (Å²) in [6, 6.07) is 9.74. The number of benzene rings is 1. The van der Waals surface area contributed by atoms with Crippen LogP contribution in [0.5, 0.6) is 0 Å². The van der Waals surface area contributed by atoms with Crippen LogP contribution in [-0.4, -0.2) is 21.9 Å². The smallest absolute Gasteiger partial charge is 0.254 e. The number of hydrogen-bond donors (Lipinski definition) is 3. The molecule has 1 aromatic carbocycles. The molecule has 0 saturated heterocycles. The second-order valence-electron chi connectivity index (χ2n) is 5.49. The first-order chi connectivity index (χ1) is 10.5. The zero-order valence-corrected chi connectivity index (χ0v) is 13.0. The zero-order chi connectivity index (χ0) is 16.1. The van der Waals surface area contributed by atoms with Crippen molar-refractivity contribution in [3.63, 3.8) is 0 Å². The van der Waals surface area contributed by atoms with Crippen molar-refractivity contribution in [1.82, 2.24) is 9.97 Å². The number of hydrogen-bond acceptors (Lipinski definition) is 5. The molecule has 0 fully saturated rings. The molecular weight excluding hydrogens is 278 g/mol. The van der Waals surface area contributed by atoms with E-state index >= 15 is 0 Å². The van der Waals surface area contributed by atoms with Crippen molar-refractivity contribution in [2.45, 2.75) is 26.8 Å². The van der Waals surface area contributed by atoms with Gasteiger partial charge in [-0.25, -0.2) is 4.98 Å². The van der Waals surface area contributed by atoms with Gasteiger partial charge in [0.1, 0.15) is 5.82 Å². The SMILES string of the molecule is CC(C)[C@@H](C)Nc1nc(Nc2ccccc2)ncc1C(N)=O. The average molecular weight is 299 g/mol. The van der Waals surface area contributed by atoms with Crippen molar-refractivity contribution in [1.29, 1.82) is 0 Å².